The molecule has 0 aromatic rings. The molecule has 0 spiro atoms. The minimum atomic E-state index is -0.290. The number of morpholine rings is 1. The van der Waals surface area contributed by atoms with Crippen molar-refractivity contribution in [3.05, 3.63) is 0 Å². The van der Waals surface area contributed by atoms with Crippen LogP contribution in [-0.2, 0) is 9.53 Å². The van der Waals surface area contributed by atoms with Gasteiger partial charge < -0.3 is 15.4 Å². The van der Waals surface area contributed by atoms with E-state index < -0.39 is 0 Å². The number of amides is 1. The number of hydrogen-bond donors (Lipinski definition) is 1. The van der Waals surface area contributed by atoms with Crippen molar-refractivity contribution >= 4 is 5.91 Å². The van der Waals surface area contributed by atoms with E-state index >= 15 is 0 Å². The standard InChI is InChI=1S/C14H26N2O2/c1-12-10-18-9-8-16(12)13(17)14(11-15)6-4-2-3-5-7-14/h12H,2-11,15H2,1H3. The normalized spacial score (nSPS) is 28.8. The first-order valence-electron chi connectivity index (χ1n) is 7.28. The maximum absolute atomic E-state index is 12.9. The van der Waals surface area contributed by atoms with Gasteiger partial charge in [-0.2, -0.15) is 0 Å². The van der Waals surface area contributed by atoms with Crippen LogP contribution in [0.1, 0.15) is 45.4 Å². The van der Waals surface area contributed by atoms with Gasteiger partial charge in [0.05, 0.1) is 24.7 Å². The van der Waals surface area contributed by atoms with Crippen LogP contribution in [0.4, 0.5) is 0 Å². The minimum Gasteiger partial charge on any atom is -0.377 e. The van der Waals surface area contributed by atoms with Gasteiger partial charge in [-0.05, 0) is 19.8 Å². The van der Waals surface area contributed by atoms with E-state index in [9.17, 15) is 4.79 Å². The summed E-state index contributed by atoms with van der Waals surface area (Å²) < 4.78 is 5.42. The molecule has 2 rings (SSSR count). The molecule has 1 amide bonds. The van der Waals surface area contributed by atoms with Gasteiger partial charge in [0.25, 0.3) is 0 Å². The molecule has 2 fully saturated rings. The largest absolute Gasteiger partial charge is 0.377 e. The molecule has 2 N–H and O–H groups in total. The van der Waals surface area contributed by atoms with Crippen molar-refractivity contribution in [2.45, 2.75) is 51.5 Å². The molecule has 0 radical (unpaired) electrons. The van der Waals surface area contributed by atoms with E-state index in [0.29, 0.717) is 19.8 Å². The Morgan fingerprint density at radius 3 is 2.56 bits per heavy atom. The SMILES string of the molecule is CC1COCCN1C(=O)C1(CN)CCCCCC1. The van der Waals surface area contributed by atoms with Crippen LogP contribution in [0.3, 0.4) is 0 Å². The van der Waals surface area contributed by atoms with E-state index in [1.807, 2.05) is 4.90 Å². The Morgan fingerprint density at radius 1 is 1.33 bits per heavy atom. The van der Waals surface area contributed by atoms with Gasteiger partial charge in [0, 0.05) is 13.1 Å². The topological polar surface area (TPSA) is 55.6 Å². The van der Waals surface area contributed by atoms with Gasteiger partial charge in [-0.25, -0.2) is 0 Å². The minimum absolute atomic E-state index is 0.193. The summed E-state index contributed by atoms with van der Waals surface area (Å²) >= 11 is 0. The summed E-state index contributed by atoms with van der Waals surface area (Å²) in [4.78, 5) is 14.9. The Hall–Kier alpha value is -0.610. The molecule has 104 valence electrons. The van der Waals surface area contributed by atoms with E-state index in [0.717, 1.165) is 32.2 Å². The molecule has 1 unspecified atom stereocenters. The smallest absolute Gasteiger partial charge is 0.230 e. The number of nitrogens with two attached hydrogens (primary N) is 1. The van der Waals surface area contributed by atoms with Gasteiger partial charge in [-0.1, -0.05) is 25.7 Å². The summed E-state index contributed by atoms with van der Waals surface area (Å²) in [6, 6.07) is 0.193. The van der Waals surface area contributed by atoms with Gasteiger partial charge in [-0.15, -0.1) is 0 Å². The zero-order valence-electron chi connectivity index (χ0n) is 11.5. The third kappa shape index (κ3) is 2.69. The second kappa shape index (κ2) is 6.02. The van der Waals surface area contributed by atoms with Gasteiger partial charge in [0.1, 0.15) is 0 Å². The molecular formula is C14H26N2O2. The quantitative estimate of drug-likeness (QED) is 0.760. The van der Waals surface area contributed by atoms with Gasteiger partial charge in [0.2, 0.25) is 5.91 Å². The highest BCUT2D eigenvalue weighted by Gasteiger charge is 2.41. The molecule has 1 atom stereocenters. The van der Waals surface area contributed by atoms with Gasteiger partial charge in [0.15, 0.2) is 0 Å². The highest BCUT2D eigenvalue weighted by molar-refractivity contribution is 5.83. The van der Waals surface area contributed by atoms with E-state index in [1.165, 1.54) is 12.8 Å². The van der Waals surface area contributed by atoms with E-state index in [2.05, 4.69) is 6.92 Å². The first-order chi connectivity index (χ1) is 8.69. The van der Waals surface area contributed by atoms with Crippen molar-refractivity contribution in [2.75, 3.05) is 26.3 Å². The summed E-state index contributed by atoms with van der Waals surface area (Å²) in [6.07, 6.45) is 6.70. The third-order valence-corrected chi connectivity index (χ3v) is 4.53. The van der Waals surface area contributed by atoms with Crippen LogP contribution in [-0.4, -0.2) is 43.2 Å². The molecule has 1 aliphatic heterocycles. The monoisotopic (exact) mass is 254 g/mol. The highest BCUT2D eigenvalue weighted by atomic mass is 16.5. The predicted molar refractivity (Wildman–Crippen MR) is 71.2 cm³/mol. The fourth-order valence-electron chi connectivity index (χ4n) is 3.24. The Labute approximate surface area is 110 Å². The number of hydrogen-bond acceptors (Lipinski definition) is 3. The molecule has 4 nitrogen and oxygen atoms in total. The highest BCUT2D eigenvalue weighted by Crippen LogP contribution is 2.36. The third-order valence-electron chi connectivity index (χ3n) is 4.53. The van der Waals surface area contributed by atoms with Gasteiger partial charge >= 0.3 is 0 Å². The molecule has 4 heteroatoms. The van der Waals surface area contributed by atoms with Crippen molar-refractivity contribution in [2.24, 2.45) is 11.1 Å². The second-order valence-corrected chi connectivity index (χ2v) is 5.82. The summed E-state index contributed by atoms with van der Waals surface area (Å²) in [5, 5.41) is 0. The fourth-order valence-corrected chi connectivity index (χ4v) is 3.24. The first-order valence-corrected chi connectivity index (χ1v) is 7.28. The van der Waals surface area contributed by atoms with Gasteiger partial charge in [-0.3, -0.25) is 4.79 Å². The molecule has 0 aromatic heterocycles. The Morgan fingerprint density at radius 2 is 2.00 bits per heavy atom. The first kappa shape index (κ1) is 13.8. The van der Waals surface area contributed by atoms with Crippen molar-refractivity contribution in [1.82, 2.24) is 4.90 Å². The van der Waals surface area contributed by atoms with Crippen molar-refractivity contribution in [3.8, 4) is 0 Å². The number of nitrogens with zero attached hydrogens (tertiary/aromatic N) is 1. The molecule has 1 aliphatic carbocycles. The second-order valence-electron chi connectivity index (χ2n) is 5.82. The van der Waals surface area contributed by atoms with Crippen LogP contribution < -0.4 is 5.73 Å². The number of rotatable bonds is 2. The lowest BCUT2D eigenvalue weighted by molar-refractivity contribution is -0.150. The average molecular weight is 254 g/mol. The maximum atomic E-state index is 12.9. The Balaban J connectivity index is 2.12. The molecule has 0 bridgehead atoms. The Kier molecular flexibility index (Phi) is 4.62. The summed E-state index contributed by atoms with van der Waals surface area (Å²) in [5.41, 5.74) is 5.69. The lowest BCUT2D eigenvalue weighted by Gasteiger charge is -2.41. The predicted octanol–water partition coefficient (Wildman–Crippen LogP) is 1.53. The number of carbonyl (C=O) groups is 1. The van der Waals surface area contributed by atoms with Crippen LogP contribution >= 0.6 is 0 Å². The molecule has 0 aromatic carbocycles. The summed E-state index contributed by atoms with van der Waals surface area (Å²) in [7, 11) is 0. The van der Waals surface area contributed by atoms with Crippen molar-refractivity contribution in [1.29, 1.82) is 0 Å². The molecule has 1 saturated heterocycles. The molecule has 1 saturated carbocycles. The van der Waals surface area contributed by atoms with Crippen molar-refractivity contribution < 1.29 is 9.53 Å². The Bertz CT molecular complexity index is 286. The fraction of sp³-hybridized carbons (Fsp3) is 0.929. The maximum Gasteiger partial charge on any atom is 0.230 e. The van der Waals surface area contributed by atoms with Crippen LogP contribution in [0.15, 0.2) is 0 Å². The molecular weight excluding hydrogens is 228 g/mol. The van der Waals surface area contributed by atoms with Crippen LogP contribution in [0.5, 0.6) is 0 Å². The average Bonchev–Trinajstić information content (AvgIpc) is 2.65. The lowest BCUT2D eigenvalue weighted by atomic mass is 9.78. The molecule has 2 aliphatic rings. The molecule has 18 heavy (non-hydrogen) atoms. The van der Waals surface area contributed by atoms with E-state index in [-0.39, 0.29) is 17.4 Å². The lowest BCUT2D eigenvalue weighted by Crippen LogP contribution is -2.55. The summed E-state index contributed by atoms with van der Waals surface area (Å²) in [5.74, 6) is 0.280. The van der Waals surface area contributed by atoms with Crippen LogP contribution in [0.2, 0.25) is 0 Å². The van der Waals surface area contributed by atoms with E-state index in [1.54, 1.807) is 0 Å². The zero-order chi connectivity index (χ0) is 13.0. The number of carbonyl (C=O) groups excluding carboxylic acids is 1. The molecule has 1 heterocycles. The van der Waals surface area contributed by atoms with Crippen molar-refractivity contribution in [3.63, 3.8) is 0 Å². The number of ether oxygens (including phenoxy) is 1. The van der Waals surface area contributed by atoms with Crippen LogP contribution in [0, 0.1) is 5.41 Å². The summed E-state index contributed by atoms with van der Waals surface area (Å²) in [6.45, 7) is 4.61. The zero-order valence-corrected chi connectivity index (χ0v) is 11.5. The van der Waals surface area contributed by atoms with E-state index in [4.69, 9.17) is 10.5 Å². The van der Waals surface area contributed by atoms with Crippen LogP contribution in [0.25, 0.3) is 0 Å².